The minimum absolute atomic E-state index is 0.0183. The van der Waals surface area contributed by atoms with Crippen LogP contribution in [0.1, 0.15) is 11.1 Å². The van der Waals surface area contributed by atoms with Gasteiger partial charge in [-0.1, -0.05) is 11.6 Å². The molecule has 2 nitrogen and oxygen atoms in total. The van der Waals surface area contributed by atoms with Crippen molar-refractivity contribution in [2.75, 3.05) is 5.43 Å². The van der Waals surface area contributed by atoms with E-state index in [1.807, 2.05) is 0 Å². The van der Waals surface area contributed by atoms with Crippen LogP contribution in [0.4, 0.5) is 27.6 Å². The Bertz CT molecular complexity index is 713. The molecule has 0 aliphatic carbocycles. The molecule has 0 atom stereocenters. The number of anilines is 1. The molecule has 0 aromatic heterocycles. The summed E-state index contributed by atoms with van der Waals surface area (Å²) in [5.74, 6) is -1.59. The first-order valence-corrected chi connectivity index (χ1v) is 6.26. The first kappa shape index (κ1) is 16.2. The van der Waals surface area contributed by atoms with Crippen molar-refractivity contribution in [1.82, 2.24) is 0 Å². The standard InChI is InChI=1S/C14H8ClF5N2/c15-11-4-2-9(14(18,19)20)5-13(11)22-21-7-8-1-3-10(16)6-12(8)17/h1-7,22H. The third-order valence-corrected chi connectivity index (χ3v) is 2.97. The lowest BCUT2D eigenvalue weighted by Crippen LogP contribution is -2.05. The maximum atomic E-state index is 13.3. The number of hydrazone groups is 1. The van der Waals surface area contributed by atoms with Crippen LogP contribution in [0.15, 0.2) is 41.5 Å². The van der Waals surface area contributed by atoms with E-state index in [2.05, 4.69) is 10.5 Å². The highest BCUT2D eigenvalue weighted by molar-refractivity contribution is 6.33. The number of alkyl halides is 3. The molecule has 0 radical (unpaired) electrons. The number of hydrogen-bond donors (Lipinski definition) is 1. The first-order chi connectivity index (χ1) is 10.3. The summed E-state index contributed by atoms with van der Waals surface area (Å²) in [6.07, 6.45) is -3.51. The van der Waals surface area contributed by atoms with Gasteiger partial charge in [0.2, 0.25) is 0 Å². The quantitative estimate of drug-likeness (QED) is 0.472. The highest BCUT2D eigenvalue weighted by Gasteiger charge is 2.30. The second-order valence-corrected chi connectivity index (χ2v) is 4.64. The predicted molar refractivity (Wildman–Crippen MR) is 74.0 cm³/mol. The van der Waals surface area contributed by atoms with Crippen LogP contribution < -0.4 is 5.43 Å². The molecule has 0 saturated heterocycles. The van der Waals surface area contributed by atoms with E-state index >= 15 is 0 Å². The number of halogens is 6. The largest absolute Gasteiger partial charge is 0.416 e. The van der Waals surface area contributed by atoms with Crippen LogP contribution in [-0.2, 0) is 6.18 Å². The summed E-state index contributed by atoms with van der Waals surface area (Å²) in [7, 11) is 0. The molecule has 0 aliphatic rings. The Hall–Kier alpha value is -2.15. The molecule has 0 heterocycles. The number of rotatable bonds is 3. The molecular weight excluding hydrogens is 327 g/mol. The summed E-state index contributed by atoms with van der Waals surface area (Å²) in [6.45, 7) is 0. The first-order valence-electron chi connectivity index (χ1n) is 5.88. The van der Waals surface area contributed by atoms with Crippen LogP contribution in [0.3, 0.4) is 0 Å². The van der Waals surface area contributed by atoms with Gasteiger partial charge in [-0.15, -0.1) is 0 Å². The minimum Gasteiger partial charge on any atom is -0.277 e. The number of benzene rings is 2. The highest BCUT2D eigenvalue weighted by atomic mass is 35.5. The Balaban J connectivity index is 2.19. The third-order valence-electron chi connectivity index (χ3n) is 2.64. The smallest absolute Gasteiger partial charge is 0.277 e. The van der Waals surface area contributed by atoms with Crippen LogP contribution in [0.25, 0.3) is 0 Å². The van der Waals surface area contributed by atoms with Crippen LogP contribution in [-0.4, -0.2) is 6.21 Å². The van der Waals surface area contributed by atoms with E-state index in [9.17, 15) is 22.0 Å². The Morgan fingerprint density at radius 2 is 1.77 bits per heavy atom. The minimum atomic E-state index is -4.52. The monoisotopic (exact) mass is 334 g/mol. The highest BCUT2D eigenvalue weighted by Crippen LogP contribution is 2.33. The molecule has 0 saturated carbocycles. The van der Waals surface area contributed by atoms with Gasteiger partial charge in [0.05, 0.1) is 22.5 Å². The Kier molecular flexibility index (Phi) is 4.65. The molecule has 2 aromatic rings. The lowest BCUT2D eigenvalue weighted by molar-refractivity contribution is -0.137. The van der Waals surface area contributed by atoms with Crippen molar-refractivity contribution >= 4 is 23.5 Å². The summed E-state index contributed by atoms with van der Waals surface area (Å²) >= 11 is 5.75. The normalized spacial score (nSPS) is 11.9. The molecule has 2 rings (SSSR count). The van der Waals surface area contributed by atoms with Crippen molar-refractivity contribution in [3.05, 3.63) is 64.2 Å². The van der Waals surface area contributed by atoms with Crippen molar-refractivity contribution in [1.29, 1.82) is 0 Å². The fourth-order valence-electron chi connectivity index (χ4n) is 1.56. The van der Waals surface area contributed by atoms with Gasteiger partial charge in [-0.3, -0.25) is 5.43 Å². The summed E-state index contributed by atoms with van der Waals surface area (Å²) in [5.41, 5.74) is 1.27. The summed E-state index contributed by atoms with van der Waals surface area (Å²) in [6, 6.07) is 5.52. The molecule has 22 heavy (non-hydrogen) atoms. The topological polar surface area (TPSA) is 24.4 Å². The Morgan fingerprint density at radius 3 is 2.41 bits per heavy atom. The lowest BCUT2D eigenvalue weighted by Gasteiger charge is -2.09. The van der Waals surface area contributed by atoms with Crippen LogP contribution >= 0.6 is 11.6 Å². The van der Waals surface area contributed by atoms with Crippen molar-refractivity contribution < 1.29 is 22.0 Å². The van der Waals surface area contributed by atoms with Crippen molar-refractivity contribution in [2.24, 2.45) is 5.10 Å². The van der Waals surface area contributed by atoms with Gasteiger partial charge in [0, 0.05) is 11.6 Å². The van der Waals surface area contributed by atoms with Gasteiger partial charge in [-0.05, 0) is 30.3 Å². The fraction of sp³-hybridized carbons (Fsp3) is 0.0714. The molecular formula is C14H8ClF5N2. The molecule has 116 valence electrons. The van der Waals surface area contributed by atoms with Crippen molar-refractivity contribution in [3.8, 4) is 0 Å². The summed E-state index contributed by atoms with van der Waals surface area (Å²) < 4.78 is 63.8. The predicted octanol–water partition coefficient (Wildman–Crippen LogP) is 5.08. The van der Waals surface area contributed by atoms with E-state index in [0.29, 0.717) is 6.07 Å². The lowest BCUT2D eigenvalue weighted by atomic mass is 10.2. The Morgan fingerprint density at radius 1 is 1.05 bits per heavy atom. The molecule has 0 unspecified atom stereocenters. The zero-order valence-electron chi connectivity index (χ0n) is 10.8. The van der Waals surface area contributed by atoms with E-state index in [-0.39, 0.29) is 16.3 Å². The van der Waals surface area contributed by atoms with Crippen molar-refractivity contribution in [2.45, 2.75) is 6.18 Å². The van der Waals surface area contributed by atoms with Crippen LogP contribution in [0, 0.1) is 11.6 Å². The van der Waals surface area contributed by atoms with E-state index in [4.69, 9.17) is 11.6 Å². The SMILES string of the molecule is Fc1ccc(C=NNc2cc(C(F)(F)F)ccc2Cl)c(F)c1. The fourth-order valence-corrected chi connectivity index (χ4v) is 1.72. The molecule has 2 aromatic carbocycles. The van der Waals surface area contributed by atoms with E-state index in [1.54, 1.807) is 0 Å². The maximum Gasteiger partial charge on any atom is 0.416 e. The van der Waals surface area contributed by atoms with Crippen molar-refractivity contribution in [3.63, 3.8) is 0 Å². The van der Waals surface area contributed by atoms with Gasteiger partial charge >= 0.3 is 6.18 Å². The second kappa shape index (κ2) is 6.31. The molecule has 0 fully saturated rings. The third kappa shape index (κ3) is 3.94. The molecule has 0 amide bonds. The van der Waals surface area contributed by atoms with E-state index < -0.39 is 23.4 Å². The molecule has 8 heteroatoms. The molecule has 0 spiro atoms. The average molecular weight is 335 g/mol. The van der Waals surface area contributed by atoms with E-state index in [0.717, 1.165) is 36.5 Å². The molecule has 0 bridgehead atoms. The van der Waals surface area contributed by atoms with Gasteiger partial charge in [-0.25, -0.2) is 8.78 Å². The maximum absolute atomic E-state index is 13.3. The van der Waals surface area contributed by atoms with Gasteiger partial charge in [-0.2, -0.15) is 18.3 Å². The Labute approximate surface area is 127 Å². The number of nitrogens with one attached hydrogen (secondary N) is 1. The zero-order valence-corrected chi connectivity index (χ0v) is 11.5. The molecule has 1 N–H and O–H groups in total. The number of nitrogens with zero attached hydrogens (tertiary/aromatic N) is 1. The van der Waals surface area contributed by atoms with Gasteiger partial charge in [0.1, 0.15) is 11.6 Å². The molecule has 0 aliphatic heterocycles. The van der Waals surface area contributed by atoms with Gasteiger partial charge in [0.15, 0.2) is 0 Å². The summed E-state index contributed by atoms with van der Waals surface area (Å²) in [5, 5.41) is 3.62. The van der Waals surface area contributed by atoms with Gasteiger partial charge < -0.3 is 0 Å². The van der Waals surface area contributed by atoms with Gasteiger partial charge in [0.25, 0.3) is 0 Å². The van der Waals surface area contributed by atoms with E-state index in [1.165, 1.54) is 0 Å². The van der Waals surface area contributed by atoms with Crippen LogP contribution in [0.2, 0.25) is 5.02 Å². The van der Waals surface area contributed by atoms with Crippen LogP contribution in [0.5, 0.6) is 0 Å². The average Bonchev–Trinajstić information content (AvgIpc) is 2.42. The number of hydrogen-bond acceptors (Lipinski definition) is 2. The summed E-state index contributed by atoms with van der Waals surface area (Å²) in [4.78, 5) is 0. The second-order valence-electron chi connectivity index (χ2n) is 4.23. The zero-order chi connectivity index (χ0) is 16.3.